The lowest BCUT2D eigenvalue weighted by atomic mass is 10.1. The zero-order valence-electron chi connectivity index (χ0n) is 13.3. The molecule has 0 bridgehead atoms. The molecule has 0 aliphatic rings. The quantitative estimate of drug-likeness (QED) is 0.555. The number of nitrogens with one attached hydrogen (secondary N) is 2. The molecule has 2 aromatic rings. The van der Waals surface area contributed by atoms with E-state index in [1.807, 2.05) is 10.9 Å². The van der Waals surface area contributed by atoms with Crippen molar-refractivity contribution < 1.29 is 4.74 Å². The second-order valence-corrected chi connectivity index (χ2v) is 6.50. The van der Waals surface area contributed by atoms with Crippen LogP contribution in [0.15, 0.2) is 34.9 Å². The van der Waals surface area contributed by atoms with Gasteiger partial charge in [0.2, 0.25) is 0 Å². The van der Waals surface area contributed by atoms with E-state index in [0.717, 1.165) is 17.4 Å². The van der Waals surface area contributed by atoms with Gasteiger partial charge in [0.25, 0.3) is 0 Å². The number of aromatic nitrogens is 2. The smallest absolute Gasteiger partial charge is 0.172 e. The molecule has 2 N–H and O–H groups in total. The molecule has 5 nitrogen and oxygen atoms in total. The summed E-state index contributed by atoms with van der Waals surface area (Å²) >= 11 is 8.78. The van der Waals surface area contributed by atoms with Gasteiger partial charge in [0, 0.05) is 26.5 Å². The third-order valence-corrected chi connectivity index (χ3v) is 4.05. The predicted octanol–water partition coefficient (Wildman–Crippen LogP) is 3.33. The summed E-state index contributed by atoms with van der Waals surface area (Å²) in [7, 11) is 1.69. The van der Waals surface area contributed by atoms with E-state index in [-0.39, 0.29) is 0 Å². The first-order chi connectivity index (χ1) is 11.1. The Hall–Kier alpha value is -1.44. The Labute approximate surface area is 150 Å². The molecule has 0 saturated carbocycles. The van der Waals surface area contributed by atoms with Crippen LogP contribution in [0.1, 0.15) is 17.5 Å². The fraction of sp³-hybridized carbons (Fsp3) is 0.375. The molecule has 0 fully saturated rings. The van der Waals surface area contributed by atoms with Crippen molar-refractivity contribution in [2.75, 3.05) is 25.6 Å². The third kappa shape index (κ3) is 5.93. The van der Waals surface area contributed by atoms with Gasteiger partial charge in [0.1, 0.15) is 0 Å². The normalized spacial score (nSPS) is 10.6. The lowest BCUT2D eigenvalue weighted by molar-refractivity contribution is 0.196. The first kappa shape index (κ1) is 17.9. The molecular formula is C16H21BrN4OS. The number of hydrogen-bond donors (Lipinski definition) is 2. The molecule has 0 aliphatic carbocycles. The fourth-order valence-corrected chi connectivity index (χ4v) is 2.63. The zero-order chi connectivity index (χ0) is 16.7. The second kappa shape index (κ2) is 9.00. The molecule has 0 spiro atoms. The van der Waals surface area contributed by atoms with E-state index in [4.69, 9.17) is 17.0 Å². The molecule has 0 unspecified atom stereocenters. The predicted molar refractivity (Wildman–Crippen MR) is 101 cm³/mol. The van der Waals surface area contributed by atoms with Crippen molar-refractivity contribution in [2.24, 2.45) is 0 Å². The van der Waals surface area contributed by atoms with Crippen LogP contribution in [0.25, 0.3) is 0 Å². The van der Waals surface area contributed by atoms with Crippen molar-refractivity contribution in [3.05, 3.63) is 46.1 Å². The molecule has 0 saturated heterocycles. The van der Waals surface area contributed by atoms with Gasteiger partial charge in [-0.2, -0.15) is 5.10 Å². The number of hydrogen-bond acceptors (Lipinski definition) is 3. The molecular weight excluding hydrogens is 376 g/mol. The second-order valence-electron chi connectivity index (χ2n) is 5.24. The molecule has 0 aliphatic heterocycles. The molecule has 1 aromatic carbocycles. The van der Waals surface area contributed by atoms with Crippen LogP contribution in [0.2, 0.25) is 0 Å². The summed E-state index contributed by atoms with van der Waals surface area (Å²) in [6.45, 7) is 4.28. The minimum Gasteiger partial charge on any atom is -0.385 e. The maximum absolute atomic E-state index is 5.27. The topological polar surface area (TPSA) is 51.1 Å². The Morgan fingerprint density at radius 1 is 1.35 bits per heavy atom. The highest BCUT2D eigenvalue weighted by Crippen LogP contribution is 2.20. The first-order valence-electron chi connectivity index (χ1n) is 7.41. The zero-order valence-corrected chi connectivity index (χ0v) is 15.7. The van der Waals surface area contributed by atoms with Crippen LogP contribution in [0.3, 0.4) is 0 Å². The maximum Gasteiger partial charge on any atom is 0.172 e. The van der Waals surface area contributed by atoms with Gasteiger partial charge >= 0.3 is 0 Å². The minimum absolute atomic E-state index is 0.558. The molecule has 23 heavy (non-hydrogen) atoms. The van der Waals surface area contributed by atoms with E-state index in [0.29, 0.717) is 24.1 Å². The third-order valence-electron chi connectivity index (χ3n) is 3.22. The minimum atomic E-state index is 0.558. The number of methoxy groups -OCH3 is 1. The number of benzene rings is 1. The van der Waals surface area contributed by atoms with Crippen molar-refractivity contribution in [1.82, 2.24) is 15.1 Å². The summed E-state index contributed by atoms with van der Waals surface area (Å²) in [4.78, 5) is 0. The van der Waals surface area contributed by atoms with Crippen molar-refractivity contribution in [2.45, 2.75) is 19.9 Å². The van der Waals surface area contributed by atoms with Crippen LogP contribution in [-0.2, 0) is 11.3 Å². The number of nitrogens with zero attached hydrogens (tertiary/aromatic N) is 2. The van der Waals surface area contributed by atoms with Crippen molar-refractivity contribution in [3.63, 3.8) is 0 Å². The van der Waals surface area contributed by atoms with Gasteiger partial charge in [-0.3, -0.25) is 4.68 Å². The van der Waals surface area contributed by atoms with E-state index in [1.54, 1.807) is 7.11 Å². The van der Waals surface area contributed by atoms with Crippen molar-refractivity contribution in [3.8, 4) is 0 Å². The highest BCUT2D eigenvalue weighted by molar-refractivity contribution is 9.10. The molecule has 7 heteroatoms. The monoisotopic (exact) mass is 396 g/mol. The van der Waals surface area contributed by atoms with Crippen molar-refractivity contribution in [1.29, 1.82) is 0 Å². The molecule has 2 rings (SSSR count). The van der Waals surface area contributed by atoms with E-state index in [2.05, 4.69) is 62.9 Å². The average molecular weight is 397 g/mol. The standard InChI is InChI=1S/C16H21BrN4OS/c1-12-4-6-13(7-5-12)10-21-11-14(17)15(20-21)19-16(23)18-8-3-9-22-2/h4-7,11H,3,8-10H2,1-2H3,(H2,18,19,20,23). The largest absolute Gasteiger partial charge is 0.385 e. The number of aryl methyl sites for hydroxylation is 1. The highest BCUT2D eigenvalue weighted by atomic mass is 79.9. The average Bonchev–Trinajstić information content (AvgIpc) is 2.86. The molecule has 0 amide bonds. The van der Waals surface area contributed by atoms with E-state index < -0.39 is 0 Å². The molecule has 0 radical (unpaired) electrons. The Morgan fingerprint density at radius 2 is 2.09 bits per heavy atom. The number of ether oxygens (including phenoxy) is 1. The first-order valence-corrected chi connectivity index (χ1v) is 8.61. The summed E-state index contributed by atoms with van der Waals surface area (Å²) < 4.78 is 7.76. The Kier molecular flexibility index (Phi) is 7.01. The van der Waals surface area contributed by atoms with E-state index in [1.165, 1.54) is 11.1 Å². The number of halogens is 1. The Morgan fingerprint density at radius 3 is 2.78 bits per heavy atom. The molecule has 1 aromatic heterocycles. The van der Waals surface area contributed by atoms with Gasteiger partial charge in [-0.25, -0.2) is 0 Å². The van der Waals surface area contributed by atoms with E-state index >= 15 is 0 Å². The molecule has 0 atom stereocenters. The summed E-state index contributed by atoms with van der Waals surface area (Å²) in [5.41, 5.74) is 2.46. The summed E-state index contributed by atoms with van der Waals surface area (Å²) in [6, 6.07) is 8.43. The van der Waals surface area contributed by atoms with Gasteiger partial charge in [0.05, 0.1) is 11.0 Å². The van der Waals surface area contributed by atoms with Crippen LogP contribution < -0.4 is 10.6 Å². The lowest BCUT2D eigenvalue weighted by Gasteiger charge is -2.08. The van der Waals surface area contributed by atoms with Crippen LogP contribution in [-0.4, -0.2) is 35.2 Å². The number of thiocarbonyl (C=S) groups is 1. The fourth-order valence-electron chi connectivity index (χ4n) is 2.01. The Balaban J connectivity index is 1.90. The maximum atomic E-state index is 5.27. The molecule has 1 heterocycles. The highest BCUT2D eigenvalue weighted by Gasteiger charge is 2.08. The van der Waals surface area contributed by atoms with Crippen LogP contribution in [0, 0.1) is 6.92 Å². The van der Waals surface area contributed by atoms with Gasteiger partial charge < -0.3 is 15.4 Å². The number of rotatable bonds is 7. The summed E-state index contributed by atoms with van der Waals surface area (Å²) in [6.07, 6.45) is 2.84. The van der Waals surface area contributed by atoms with Gasteiger partial charge in [-0.1, -0.05) is 29.8 Å². The van der Waals surface area contributed by atoms with Gasteiger partial charge in [0.15, 0.2) is 10.9 Å². The van der Waals surface area contributed by atoms with Gasteiger partial charge in [-0.05, 0) is 47.1 Å². The summed E-state index contributed by atoms with van der Waals surface area (Å²) in [5.74, 6) is 0.710. The summed E-state index contributed by atoms with van der Waals surface area (Å²) in [5, 5.41) is 11.3. The van der Waals surface area contributed by atoms with Crippen molar-refractivity contribution >= 4 is 39.1 Å². The van der Waals surface area contributed by atoms with Gasteiger partial charge in [-0.15, -0.1) is 0 Å². The lowest BCUT2D eigenvalue weighted by Crippen LogP contribution is -2.30. The SMILES string of the molecule is COCCCNC(=S)Nc1nn(Cc2ccc(C)cc2)cc1Br. The molecule has 124 valence electrons. The van der Waals surface area contributed by atoms with Crippen LogP contribution in [0.4, 0.5) is 5.82 Å². The number of anilines is 1. The van der Waals surface area contributed by atoms with Crippen LogP contribution in [0.5, 0.6) is 0 Å². The Bertz CT molecular complexity index is 642. The van der Waals surface area contributed by atoms with E-state index in [9.17, 15) is 0 Å². The van der Waals surface area contributed by atoms with Crippen LogP contribution >= 0.6 is 28.1 Å².